The minimum atomic E-state index is -1.39. The normalized spacial score (nSPS) is 15.1. The highest BCUT2D eigenvalue weighted by Gasteiger charge is 2.27. The lowest BCUT2D eigenvalue weighted by atomic mass is 10.1. The molecule has 0 spiro atoms. The number of benzene rings is 3. The van der Waals surface area contributed by atoms with Gasteiger partial charge >= 0.3 is 5.97 Å². The fourth-order valence-electron chi connectivity index (χ4n) is 4.85. The van der Waals surface area contributed by atoms with Gasteiger partial charge in [-0.2, -0.15) is 0 Å². The van der Waals surface area contributed by atoms with E-state index in [1.54, 1.807) is 46.9 Å². The van der Waals surface area contributed by atoms with E-state index in [1.807, 2.05) is 24.3 Å². The maximum Gasteiger partial charge on any atom is 0.341 e. The molecule has 1 aliphatic rings. The van der Waals surface area contributed by atoms with Crippen LogP contribution in [-0.2, 0) is 6.61 Å². The van der Waals surface area contributed by atoms with E-state index in [4.69, 9.17) is 9.47 Å². The van der Waals surface area contributed by atoms with Crippen molar-refractivity contribution in [3.63, 3.8) is 0 Å². The predicted molar refractivity (Wildman–Crippen MR) is 141 cm³/mol. The number of carbonyl (C=O) groups is 1. The molecule has 0 bridgehead atoms. The zero-order chi connectivity index (χ0) is 26.8. The molecule has 2 heterocycles. The first-order chi connectivity index (χ1) is 18.4. The average molecular weight is 519 g/mol. The number of hydrogen-bond donors (Lipinski definition) is 2. The lowest BCUT2D eigenvalue weighted by molar-refractivity contribution is 0.0695. The van der Waals surface area contributed by atoms with Crippen molar-refractivity contribution in [2.45, 2.75) is 25.5 Å². The quantitative estimate of drug-likeness (QED) is 0.357. The van der Waals surface area contributed by atoms with Crippen LogP contribution in [0, 0.1) is 5.82 Å². The molecule has 0 saturated carbocycles. The highest BCUT2D eigenvalue weighted by Crippen LogP contribution is 2.32. The lowest BCUT2D eigenvalue weighted by Crippen LogP contribution is -2.33. The topological polar surface area (TPSA) is 101 Å². The summed E-state index contributed by atoms with van der Waals surface area (Å²) in [6, 6.07) is 16.9. The van der Waals surface area contributed by atoms with Gasteiger partial charge < -0.3 is 29.2 Å². The van der Waals surface area contributed by atoms with Crippen LogP contribution in [0.4, 0.5) is 10.1 Å². The number of fused-ring (bicyclic) bond motifs is 1. The van der Waals surface area contributed by atoms with E-state index in [9.17, 15) is 19.8 Å². The Morgan fingerprint density at radius 1 is 1.08 bits per heavy atom. The summed E-state index contributed by atoms with van der Waals surface area (Å²) in [5.41, 5.74) is 0.960. The van der Waals surface area contributed by atoms with Gasteiger partial charge in [-0.1, -0.05) is 12.1 Å². The molecule has 1 aliphatic heterocycles. The van der Waals surface area contributed by atoms with Gasteiger partial charge in [0.1, 0.15) is 29.5 Å². The molecule has 4 aromatic rings. The van der Waals surface area contributed by atoms with E-state index < -0.39 is 22.8 Å². The second-order valence-electron chi connectivity index (χ2n) is 9.17. The first kappa shape index (κ1) is 25.3. The molecule has 8 nitrogen and oxygen atoms in total. The molecule has 0 unspecified atom stereocenters. The van der Waals surface area contributed by atoms with Gasteiger partial charge in [-0.25, -0.2) is 9.18 Å². The van der Waals surface area contributed by atoms with Crippen molar-refractivity contribution in [1.29, 1.82) is 0 Å². The summed E-state index contributed by atoms with van der Waals surface area (Å²) in [4.78, 5) is 26.6. The van der Waals surface area contributed by atoms with E-state index in [0.29, 0.717) is 30.1 Å². The summed E-state index contributed by atoms with van der Waals surface area (Å²) < 4.78 is 27.8. The van der Waals surface area contributed by atoms with Crippen LogP contribution in [0.3, 0.4) is 0 Å². The summed E-state index contributed by atoms with van der Waals surface area (Å²) >= 11 is 0. The fourth-order valence-corrected chi connectivity index (χ4v) is 4.85. The third kappa shape index (κ3) is 4.80. The molecule has 196 valence electrons. The molecule has 0 aliphatic carbocycles. The van der Waals surface area contributed by atoms with Gasteiger partial charge in [0.15, 0.2) is 0 Å². The maximum absolute atomic E-state index is 15.2. The number of carboxylic acids is 1. The van der Waals surface area contributed by atoms with Crippen LogP contribution in [-0.4, -0.2) is 47.1 Å². The second kappa shape index (κ2) is 10.5. The number of halogens is 1. The maximum atomic E-state index is 15.2. The third-order valence-corrected chi connectivity index (χ3v) is 6.88. The summed E-state index contributed by atoms with van der Waals surface area (Å²) in [6.07, 6.45) is 2.80. The number of aliphatic hydroxyl groups is 1. The van der Waals surface area contributed by atoms with E-state index in [-0.39, 0.29) is 23.7 Å². The summed E-state index contributed by atoms with van der Waals surface area (Å²) in [5.74, 6) is -0.671. The number of methoxy groups -OCH3 is 1. The van der Waals surface area contributed by atoms with Crippen LogP contribution in [0.5, 0.6) is 11.5 Å². The summed E-state index contributed by atoms with van der Waals surface area (Å²) in [5, 5.41) is 19.3. The summed E-state index contributed by atoms with van der Waals surface area (Å²) in [7, 11) is 1.61. The monoisotopic (exact) mass is 518 g/mol. The molecular weight excluding hydrogens is 491 g/mol. The van der Waals surface area contributed by atoms with Gasteiger partial charge in [-0.05, 0) is 66.9 Å². The average Bonchev–Trinajstić information content (AvgIpc) is 3.41. The zero-order valence-electron chi connectivity index (χ0n) is 20.8. The van der Waals surface area contributed by atoms with Gasteiger partial charge in [-0.3, -0.25) is 4.79 Å². The number of aromatic nitrogens is 1. The predicted octanol–water partition coefficient (Wildman–Crippen LogP) is 4.38. The largest absolute Gasteiger partial charge is 0.497 e. The van der Waals surface area contributed by atoms with Crippen LogP contribution >= 0.6 is 0 Å². The molecule has 1 atom stereocenters. The number of aromatic carboxylic acids is 1. The number of carboxylic acid groups (broad SMARTS) is 1. The van der Waals surface area contributed by atoms with E-state index in [0.717, 1.165) is 30.2 Å². The Balaban J connectivity index is 1.52. The molecule has 9 heteroatoms. The number of pyridine rings is 1. The first-order valence-electron chi connectivity index (χ1n) is 12.3. The molecule has 3 aromatic carbocycles. The van der Waals surface area contributed by atoms with Crippen molar-refractivity contribution in [2.24, 2.45) is 0 Å². The Morgan fingerprint density at radius 3 is 2.45 bits per heavy atom. The standard InChI is InChI=1S/C29H27FN2O6/c1-37-21-8-4-18(5-9-21)17-38-22-10-6-19(7-11-22)32-15-24(29(35)36)28(34)23-13-25(30)27(14-26(23)32)31-12-2-3-20(31)16-33/h4-11,13-15,20,33H,2-3,12,16-17H2,1H3,(H,35,36)/t20-/m1/s1. The number of hydrogen-bond acceptors (Lipinski definition) is 6. The van der Waals surface area contributed by atoms with Crippen molar-refractivity contribution in [2.75, 3.05) is 25.2 Å². The van der Waals surface area contributed by atoms with E-state index in [2.05, 4.69) is 0 Å². The summed E-state index contributed by atoms with van der Waals surface area (Å²) in [6.45, 7) is 0.809. The molecule has 38 heavy (non-hydrogen) atoms. The molecular formula is C29H27FN2O6. The van der Waals surface area contributed by atoms with E-state index >= 15 is 4.39 Å². The van der Waals surface area contributed by atoms with Gasteiger partial charge in [-0.15, -0.1) is 0 Å². The number of anilines is 1. The second-order valence-corrected chi connectivity index (χ2v) is 9.17. The van der Waals surface area contributed by atoms with E-state index in [1.165, 1.54) is 6.20 Å². The number of aliphatic hydroxyl groups excluding tert-OH is 1. The number of nitrogens with zero attached hydrogens (tertiary/aromatic N) is 2. The van der Waals surface area contributed by atoms with Crippen molar-refractivity contribution in [3.8, 4) is 17.2 Å². The Morgan fingerprint density at radius 2 is 1.79 bits per heavy atom. The van der Waals surface area contributed by atoms with Crippen molar-refractivity contribution in [3.05, 3.63) is 94.0 Å². The Labute approximate surface area is 218 Å². The Hall–Kier alpha value is -4.37. The SMILES string of the molecule is COc1ccc(COc2ccc(-n3cc(C(=O)O)c(=O)c4cc(F)c(N5CCC[C@@H]5CO)cc43)cc2)cc1. The molecule has 1 saturated heterocycles. The smallest absolute Gasteiger partial charge is 0.341 e. The molecule has 5 rings (SSSR count). The minimum absolute atomic E-state index is 0.0364. The van der Waals surface area contributed by atoms with Gasteiger partial charge in [0, 0.05) is 23.8 Å². The van der Waals surface area contributed by atoms with Crippen molar-refractivity contribution < 1.29 is 28.9 Å². The number of rotatable bonds is 8. The zero-order valence-corrected chi connectivity index (χ0v) is 20.8. The highest BCUT2D eigenvalue weighted by molar-refractivity contribution is 5.94. The molecule has 1 aromatic heterocycles. The van der Waals surface area contributed by atoms with Crippen molar-refractivity contribution >= 4 is 22.6 Å². The number of ether oxygens (including phenoxy) is 2. The third-order valence-electron chi connectivity index (χ3n) is 6.88. The van der Waals surface area contributed by atoms with Crippen LogP contribution in [0.1, 0.15) is 28.8 Å². The minimum Gasteiger partial charge on any atom is -0.497 e. The van der Waals surface area contributed by atoms with Crippen LogP contribution in [0.2, 0.25) is 0 Å². The Bertz CT molecular complexity index is 1530. The molecule has 0 amide bonds. The van der Waals surface area contributed by atoms with Crippen LogP contribution in [0.15, 0.2) is 71.7 Å². The van der Waals surface area contributed by atoms with Crippen LogP contribution < -0.4 is 19.8 Å². The highest BCUT2D eigenvalue weighted by atomic mass is 19.1. The molecule has 1 fully saturated rings. The Kier molecular flexibility index (Phi) is 7.02. The van der Waals surface area contributed by atoms with Crippen molar-refractivity contribution in [1.82, 2.24) is 4.57 Å². The van der Waals surface area contributed by atoms with Gasteiger partial charge in [0.2, 0.25) is 5.43 Å². The molecule has 0 radical (unpaired) electrons. The fraction of sp³-hybridized carbons (Fsp3) is 0.241. The lowest BCUT2D eigenvalue weighted by Gasteiger charge is -2.26. The molecule has 2 N–H and O–H groups in total. The van der Waals surface area contributed by atoms with Gasteiger partial charge in [0.05, 0.1) is 31.0 Å². The van der Waals surface area contributed by atoms with Crippen LogP contribution in [0.25, 0.3) is 16.6 Å². The van der Waals surface area contributed by atoms with Gasteiger partial charge in [0.25, 0.3) is 0 Å². The first-order valence-corrected chi connectivity index (χ1v) is 12.3.